The van der Waals surface area contributed by atoms with E-state index in [2.05, 4.69) is 10.6 Å². The van der Waals surface area contributed by atoms with Crippen molar-refractivity contribution < 1.29 is 14.3 Å². The van der Waals surface area contributed by atoms with Gasteiger partial charge in [0.25, 0.3) is 0 Å². The monoisotopic (exact) mass is 272 g/mol. The van der Waals surface area contributed by atoms with Gasteiger partial charge in [-0.2, -0.15) is 0 Å². The van der Waals surface area contributed by atoms with Crippen molar-refractivity contribution in [3.63, 3.8) is 0 Å². The molecule has 0 saturated carbocycles. The Labute approximate surface area is 116 Å². The summed E-state index contributed by atoms with van der Waals surface area (Å²) < 4.78 is 5.00. The van der Waals surface area contributed by atoms with E-state index in [4.69, 9.17) is 4.74 Å². The maximum absolute atomic E-state index is 11.5. The summed E-state index contributed by atoms with van der Waals surface area (Å²) in [5, 5.41) is 5.71. The van der Waals surface area contributed by atoms with Gasteiger partial charge in [-0.15, -0.1) is 0 Å². The summed E-state index contributed by atoms with van der Waals surface area (Å²) in [5.74, 6) is 0.0614. The van der Waals surface area contributed by atoms with Gasteiger partial charge in [-0.3, -0.25) is 4.79 Å². The van der Waals surface area contributed by atoms with Gasteiger partial charge in [-0.1, -0.05) is 13.8 Å². The Hall–Kier alpha value is -1.26. The van der Waals surface area contributed by atoms with Crippen LogP contribution in [0, 0.1) is 5.92 Å². The fraction of sp³-hybridized carbons (Fsp3) is 0.857. The predicted octanol–water partition coefficient (Wildman–Crippen LogP) is 2.45. The molecular formula is C14H28N2O3. The number of hydrogen-bond acceptors (Lipinski definition) is 3. The van der Waals surface area contributed by atoms with Gasteiger partial charge in [0.1, 0.15) is 0 Å². The summed E-state index contributed by atoms with van der Waals surface area (Å²) in [5.41, 5.74) is 0. The van der Waals surface area contributed by atoms with Crippen molar-refractivity contribution >= 4 is 12.0 Å². The molecule has 2 atom stereocenters. The molecule has 2 amide bonds. The molecule has 0 radical (unpaired) electrons. The predicted molar refractivity (Wildman–Crippen MR) is 75.9 cm³/mol. The minimum absolute atomic E-state index is 0.000909. The number of alkyl carbamates (subject to hydrolysis) is 1. The summed E-state index contributed by atoms with van der Waals surface area (Å²) >= 11 is 0. The van der Waals surface area contributed by atoms with Crippen LogP contribution in [0.25, 0.3) is 0 Å². The average molecular weight is 272 g/mol. The first-order chi connectivity index (χ1) is 8.72. The number of amides is 2. The SMILES string of the molecule is CC(CCC(C)NC(=O)C(C)C)NC(=O)OC(C)C. The van der Waals surface area contributed by atoms with Crippen molar-refractivity contribution in [3.8, 4) is 0 Å². The number of carbonyl (C=O) groups excluding carboxylic acids is 2. The highest BCUT2D eigenvalue weighted by atomic mass is 16.6. The van der Waals surface area contributed by atoms with E-state index in [9.17, 15) is 9.59 Å². The van der Waals surface area contributed by atoms with Crippen LogP contribution in [0.1, 0.15) is 54.4 Å². The number of ether oxygens (including phenoxy) is 1. The lowest BCUT2D eigenvalue weighted by Gasteiger charge is -2.19. The summed E-state index contributed by atoms with van der Waals surface area (Å²) in [6.07, 6.45) is 1.12. The molecule has 0 aromatic rings. The normalized spacial score (nSPS) is 14.1. The van der Waals surface area contributed by atoms with Crippen LogP contribution in [-0.2, 0) is 9.53 Å². The quantitative estimate of drug-likeness (QED) is 0.748. The van der Waals surface area contributed by atoms with E-state index in [1.165, 1.54) is 0 Å². The molecule has 0 rings (SSSR count). The molecule has 0 bridgehead atoms. The van der Waals surface area contributed by atoms with Crippen molar-refractivity contribution in [3.05, 3.63) is 0 Å². The van der Waals surface area contributed by atoms with Gasteiger partial charge in [-0.25, -0.2) is 4.79 Å². The number of carbonyl (C=O) groups is 2. The van der Waals surface area contributed by atoms with Crippen LogP contribution in [0.5, 0.6) is 0 Å². The first kappa shape index (κ1) is 17.7. The van der Waals surface area contributed by atoms with Crippen LogP contribution in [-0.4, -0.2) is 30.2 Å². The third-order valence-electron chi connectivity index (χ3n) is 2.65. The second-order valence-corrected chi connectivity index (χ2v) is 5.64. The van der Waals surface area contributed by atoms with E-state index in [0.29, 0.717) is 0 Å². The molecule has 5 nitrogen and oxygen atoms in total. The maximum atomic E-state index is 11.5. The number of rotatable bonds is 7. The fourth-order valence-electron chi connectivity index (χ4n) is 1.50. The van der Waals surface area contributed by atoms with E-state index >= 15 is 0 Å². The molecule has 5 heteroatoms. The van der Waals surface area contributed by atoms with Gasteiger partial charge < -0.3 is 15.4 Å². The molecule has 0 aromatic carbocycles. The second kappa shape index (κ2) is 8.77. The van der Waals surface area contributed by atoms with E-state index < -0.39 is 0 Å². The van der Waals surface area contributed by atoms with Gasteiger partial charge in [-0.05, 0) is 40.5 Å². The molecule has 0 saturated heterocycles. The van der Waals surface area contributed by atoms with Gasteiger partial charge in [0, 0.05) is 18.0 Å². The average Bonchev–Trinajstić information content (AvgIpc) is 2.24. The zero-order chi connectivity index (χ0) is 15.0. The Morgan fingerprint density at radius 3 is 1.79 bits per heavy atom. The smallest absolute Gasteiger partial charge is 0.407 e. The van der Waals surface area contributed by atoms with Gasteiger partial charge in [0.2, 0.25) is 5.91 Å². The lowest BCUT2D eigenvalue weighted by atomic mass is 10.1. The molecule has 0 spiro atoms. The van der Waals surface area contributed by atoms with Crippen molar-refractivity contribution in [1.29, 1.82) is 0 Å². The molecular weight excluding hydrogens is 244 g/mol. The van der Waals surface area contributed by atoms with Gasteiger partial charge >= 0.3 is 6.09 Å². The van der Waals surface area contributed by atoms with E-state index in [1.54, 1.807) is 0 Å². The summed E-state index contributed by atoms with van der Waals surface area (Å²) in [6.45, 7) is 11.3. The minimum atomic E-state index is -0.388. The molecule has 19 heavy (non-hydrogen) atoms. The van der Waals surface area contributed by atoms with E-state index in [1.807, 2.05) is 41.5 Å². The van der Waals surface area contributed by atoms with Crippen LogP contribution in [0.2, 0.25) is 0 Å². The van der Waals surface area contributed by atoms with Crippen molar-refractivity contribution in [2.75, 3.05) is 0 Å². The van der Waals surface area contributed by atoms with Crippen LogP contribution < -0.4 is 10.6 Å². The molecule has 112 valence electrons. The lowest BCUT2D eigenvalue weighted by Crippen LogP contribution is -2.38. The zero-order valence-corrected chi connectivity index (χ0v) is 12.9. The van der Waals surface area contributed by atoms with Crippen LogP contribution in [0.15, 0.2) is 0 Å². The van der Waals surface area contributed by atoms with Crippen LogP contribution in [0.3, 0.4) is 0 Å². The largest absolute Gasteiger partial charge is 0.447 e. The molecule has 2 N–H and O–H groups in total. The number of hydrogen-bond donors (Lipinski definition) is 2. The van der Waals surface area contributed by atoms with E-state index in [0.717, 1.165) is 12.8 Å². The topological polar surface area (TPSA) is 67.4 Å². The number of nitrogens with one attached hydrogen (secondary N) is 2. The van der Waals surface area contributed by atoms with Gasteiger partial charge in [0.05, 0.1) is 6.10 Å². The first-order valence-electron chi connectivity index (χ1n) is 6.99. The lowest BCUT2D eigenvalue weighted by molar-refractivity contribution is -0.124. The molecule has 0 aliphatic heterocycles. The molecule has 0 aliphatic carbocycles. The van der Waals surface area contributed by atoms with Crippen molar-refractivity contribution in [2.45, 2.75) is 72.6 Å². The van der Waals surface area contributed by atoms with Crippen LogP contribution >= 0.6 is 0 Å². The summed E-state index contributed by atoms with van der Waals surface area (Å²) in [7, 11) is 0. The Morgan fingerprint density at radius 2 is 1.37 bits per heavy atom. The second-order valence-electron chi connectivity index (χ2n) is 5.64. The van der Waals surface area contributed by atoms with E-state index in [-0.39, 0.29) is 36.1 Å². The summed E-state index contributed by atoms with van der Waals surface area (Å²) in [6, 6.07) is 0.143. The van der Waals surface area contributed by atoms with Crippen molar-refractivity contribution in [2.24, 2.45) is 5.92 Å². The van der Waals surface area contributed by atoms with Gasteiger partial charge in [0.15, 0.2) is 0 Å². The molecule has 0 heterocycles. The highest BCUT2D eigenvalue weighted by molar-refractivity contribution is 5.78. The first-order valence-corrected chi connectivity index (χ1v) is 6.99. The molecule has 2 unspecified atom stereocenters. The van der Waals surface area contributed by atoms with Crippen LogP contribution in [0.4, 0.5) is 4.79 Å². The highest BCUT2D eigenvalue weighted by Gasteiger charge is 2.14. The minimum Gasteiger partial charge on any atom is -0.447 e. The Balaban J connectivity index is 3.86. The highest BCUT2D eigenvalue weighted by Crippen LogP contribution is 2.03. The Kier molecular flexibility index (Phi) is 8.19. The third kappa shape index (κ3) is 9.33. The molecule has 0 aliphatic rings. The maximum Gasteiger partial charge on any atom is 0.407 e. The summed E-state index contributed by atoms with van der Waals surface area (Å²) in [4.78, 5) is 22.9. The Morgan fingerprint density at radius 1 is 0.895 bits per heavy atom. The standard InChI is InChI=1S/C14H28N2O3/c1-9(2)13(17)15-11(5)7-8-12(6)16-14(18)19-10(3)4/h9-12H,7-8H2,1-6H3,(H,15,17)(H,16,18). The fourth-order valence-corrected chi connectivity index (χ4v) is 1.50. The Bertz CT molecular complexity index is 290. The zero-order valence-electron chi connectivity index (χ0n) is 12.9. The molecule has 0 fully saturated rings. The van der Waals surface area contributed by atoms with Crippen molar-refractivity contribution in [1.82, 2.24) is 10.6 Å². The third-order valence-corrected chi connectivity index (χ3v) is 2.65. The molecule has 0 aromatic heterocycles.